The molecular weight excluding hydrogens is 211 g/mol. The van der Waals surface area contributed by atoms with Crippen LogP contribution in [0.3, 0.4) is 0 Å². The van der Waals surface area contributed by atoms with Crippen molar-refractivity contribution in [1.29, 1.82) is 0 Å². The Morgan fingerprint density at radius 2 is 2.13 bits per heavy atom. The molecule has 0 aromatic rings. The van der Waals surface area contributed by atoms with Crippen molar-refractivity contribution in [3.8, 4) is 0 Å². The minimum atomic E-state index is -4.15. The normalized spacial score (nSPS) is 22.5. The van der Waals surface area contributed by atoms with E-state index in [4.69, 9.17) is 5.11 Å². The molecule has 1 unspecified atom stereocenters. The van der Waals surface area contributed by atoms with Crippen molar-refractivity contribution in [1.82, 2.24) is 4.90 Å². The van der Waals surface area contributed by atoms with Crippen LogP contribution in [0.2, 0.25) is 0 Å². The number of nitrogens with zero attached hydrogens (tertiary/aromatic N) is 1. The standard InChI is InChI=1S/C9H14F3NO2/c10-9(11,12)2-1-3-13-5-7(6-14)4-8(13)15/h7,14H,1-6H2. The van der Waals surface area contributed by atoms with Crippen molar-refractivity contribution in [2.45, 2.75) is 25.4 Å². The Balaban J connectivity index is 2.25. The fraction of sp³-hybridized carbons (Fsp3) is 0.889. The Morgan fingerprint density at radius 3 is 2.60 bits per heavy atom. The molecule has 1 aliphatic rings. The average Bonchev–Trinajstić information content (AvgIpc) is 2.45. The maximum absolute atomic E-state index is 11.8. The van der Waals surface area contributed by atoms with E-state index in [1.807, 2.05) is 0 Å². The number of rotatable bonds is 4. The van der Waals surface area contributed by atoms with Gasteiger partial charge >= 0.3 is 6.18 Å². The first kappa shape index (κ1) is 12.3. The molecule has 15 heavy (non-hydrogen) atoms. The number of likely N-dealkylation sites (tertiary alicyclic amines) is 1. The lowest BCUT2D eigenvalue weighted by Gasteiger charge is -2.16. The number of aliphatic hydroxyl groups is 1. The molecule has 1 aliphatic heterocycles. The first-order chi connectivity index (χ1) is 6.92. The van der Waals surface area contributed by atoms with Gasteiger partial charge in [-0.25, -0.2) is 0 Å². The molecule has 88 valence electrons. The van der Waals surface area contributed by atoms with Crippen LogP contribution >= 0.6 is 0 Å². The van der Waals surface area contributed by atoms with Crippen LogP contribution < -0.4 is 0 Å². The molecular formula is C9H14F3NO2. The molecule has 0 radical (unpaired) electrons. The van der Waals surface area contributed by atoms with Crippen LogP contribution in [0.4, 0.5) is 13.2 Å². The van der Waals surface area contributed by atoms with Crippen LogP contribution in [0.15, 0.2) is 0 Å². The summed E-state index contributed by atoms with van der Waals surface area (Å²) in [6, 6.07) is 0. The first-order valence-electron chi connectivity index (χ1n) is 4.88. The van der Waals surface area contributed by atoms with E-state index in [1.165, 1.54) is 4.90 Å². The van der Waals surface area contributed by atoms with Crippen LogP contribution in [0, 0.1) is 5.92 Å². The summed E-state index contributed by atoms with van der Waals surface area (Å²) < 4.78 is 35.5. The van der Waals surface area contributed by atoms with Crippen molar-refractivity contribution < 1.29 is 23.1 Å². The fourth-order valence-electron chi connectivity index (χ4n) is 1.66. The summed E-state index contributed by atoms with van der Waals surface area (Å²) in [5.74, 6) is -0.264. The number of amides is 1. The summed E-state index contributed by atoms with van der Waals surface area (Å²) in [5.41, 5.74) is 0. The minimum absolute atomic E-state index is 0.0621. The number of aliphatic hydroxyl groups excluding tert-OH is 1. The Hall–Kier alpha value is -0.780. The van der Waals surface area contributed by atoms with Gasteiger partial charge in [0.2, 0.25) is 5.91 Å². The van der Waals surface area contributed by atoms with E-state index in [9.17, 15) is 18.0 Å². The molecule has 0 spiro atoms. The Bertz CT molecular complexity index is 230. The lowest BCUT2D eigenvalue weighted by Crippen LogP contribution is -2.27. The third kappa shape index (κ3) is 4.07. The SMILES string of the molecule is O=C1CC(CO)CN1CCCC(F)(F)F. The van der Waals surface area contributed by atoms with Crippen LogP contribution in [0.1, 0.15) is 19.3 Å². The molecule has 0 aromatic carbocycles. The predicted molar refractivity (Wildman–Crippen MR) is 47.1 cm³/mol. The maximum Gasteiger partial charge on any atom is 0.389 e. The van der Waals surface area contributed by atoms with Gasteiger partial charge in [-0.3, -0.25) is 4.79 Å². The van der Waals surface area contributed by atoms with Crippen molar-refractivity contribution >= 4 is 5.91 Å². The van der Waals surface area contributed by atoms with Crippen molar-refractivity contribution in [2.24, 2.45) is 5.92 Å². The number of carbonyl (C=O) groups is 1. The van der Waals surface area contributed by atoms with Gasteiger partial charge in [-0.05, 0) is 6.42 Å². The summed E-state index contributed by atoms with van der Waals surface area (Å²) in [4.78, 5) is 12.6. The molecule has 0 aliphatic carbocycles. The average molecular weight is 225 g/mol. The zero-order chi connectivity index (χ0) is 11.5. The second-order valence-electron chi connectivity index (χ2n) is 3.81. The molecule has 1 saturated heterocycles. The summed E-state index contributed by atoms with van der Waals surface area (Å²) >= 11 is 0. The number of alkyl halides is 3. The highest BCUT2D eigenvalue weighted by molar-refractivity contribution is 5.78. The van der Waals surface area contributed by atoms with Crippen LogP contribution in [0.5, 0.6) is 0 Å². The molecule has 0 saturated carbocycles. The van der Waals surface area contributed by atoms with Gasteiger partial charge in [0.05, 0.1) is 0 Å². The quantitative estimate of drug-likeness (QED) is 0.780. The van der Waals surface area contributed by atoms with Gasteiger partial charge < -0.3 is 10.0 Å². The highest BCUT2D eigenvalue weighted by atomic mass is 19.4. The van der Waals surface area contributed by atoms with Gasteiger partial charge in [-0.15, -0.1) is 0 Å². The summed E-state index contributed by atoms with van der Waals surface area (Å²) in [5, 5.41) is 8.80. The van der Waals surface area contributed by atoms with Crippen molar-refractivity contribution in [3.05, 3.63) is 0 Å². The van der Waals surface area contributed by atoms with Crippen LogP contribution in [0.25, 0.3) is 0 Å². The van der Waals surface area contributed by atoms with Gasteiger partial charge in [0, 0.05) is 38.5 Å². The lowest BCUT2D eigenvalue weighted by molar-refractivity contribution is -0.139. The van der Waals surface area contributed by atoms with E-state index in [-0.39, 0.29) is 37.8 Å². The van der Waals surface area contributed by atoms with Gasteiger partial charge in [0.25, 0.3) is 0 Å². The highest BCUT2D eigenvalue weighted by Gasteiger charge is 2.31. The zero-order valence-corrected chi connectivity index (χ0v) is 8.26. The molecule has 3 nitrogen and oxygen atoms in total. The van der Waals surface area contributed by atoms with E-state index in [2.05, 4.69) is 0 Å². The van der Waals surface area contributed by atoms with Gasteiger partial charge in [-0.2, -0.15) is 13.2 Å². The number of halogens is 3. The number of hydrogen-bond donors (Lipinski definition) is 1. The third-order valence-corrected chi connectivity index (χ3v) is 2.44. The zero-order valence-electron chi connectivity index (χ0n) is 8.26. The molecule has 1 amide bonds. The summed E-state index contributed by atoms with van der Waals surface area (Å²) in [7, 11) is 0. The molecule has 6 heteroatoms. The van der Waals surface area contributed by atoms with Crippen molar-refractivity contribution in [3.63, 3.8) is 0 Å². The van der Waals surface area contributed by atoms with Gasteiger partial charge in [-0.1, -0.05) is 0 Å². The van der Waals surface area contributed by atoms with Gasteiger partial charge in [0.15, 0.2) is 0 Å². The molecule has 0 bridgehead atoms. The molecule has 0 aromatic heterocycles. The highest BCUT2D eigenvalue weighted by Crippen LogP contribution is 2.23. The van der Waals surface area contributed by atoms with E-state index >= 15 is 0 Å². The van der Waals surface area contributed by atoms with E-state index in [0.29, 0.717) is 6.54 Å². The largest absolute Gasteiger partial charge is 0.396 e. The Kier molecular flexibility index (Phi) is 3.96. The van der Waals surface area contributed by atoms with Crippen LogP contribution in [-0.2, 0) is 4.79 Å². The first-order valence-corrected chi connectivity index (χ1v) is 4.88. The smallest absolute Gasteiger partial charge is 0.389 e. The predicted octanol–water partition coefficient (Wildman–Crippen LogP) is 1.17. The molecule has 1 rings (SSSR count). The molecule has 1 heterocycles. The van der Waals surface area contributed by atoms with E-state index < -0.39 is 12.6 Å². The van der Waals surface area contributed by atoms with E-state index in [1.54, 1.807) is 0 Å². The summed E-state index contributed by atoms with van der Waals surface area (Å²) in [6.45, 7) is 0.434. The molecule has 1 atom stereocenters. The third-order valence-electron chi connectivity index (χ3n) is 2.44. The fourth-order valence-corrected chi connectivity index (χ4v) is 1.66. The second kappa shape index (κ2) is 4.83. The molecule has 1 N–H and O–H groups in total. The minimum Gasteiger partial charge on any atom is -0.396 e. The Morgan fingerprint density at radius 1 is 1.47 bits per heavy atom. The molecule has 1 fully saturated rings. The van der Waals surface area contributed by atoms with Crippen LogP contribution in [-0.4, -0.2) is 41.8 Å². The van der Waals surface area contributed by atoms with Crippen molar-refractivity contribution in [2.75, 3.05) is 19.7 Å². The number of carbonyl (C=O) groups excluding carboxylic acids is 1. The topological polar surface area (TPSA) is 40.5 Å². The lowest BCUT2D eigenvalue weighted by atomic mass is 10.1. The number of hydrogen-bond acceptors (Lipinski definition) is 2. The van der Waals surface area contributed by atoms with E-state index in [0.717, 1.165) is 0 Å². The summed E-state index contributed by atoms with van der Waals surface area (Å²) in [6.07, 6.45) is -4.82. The monoisotopic (exact) mass is 225 g/mol. The second-order valence-corrected chi connectivity index (χ2v) is 3.81. The van der Waals surface area contributed by atoms with Gasteiger partial charge in [0.1, 0.15) is 0 Å². The Labute approximate surface area is 85.9 Å². The maximum atomic E-state index is 11.8.